The minimum atomic E-state index is -0.248. The topological polar surface area (TPSA) is 87.3 Å². The van der Waals surface area contributed by atoms with Crippen LogP contribution in [0, 0.1) is 11.3 Å². The summed E-state index contributed by atoms with van der Waals surface area (Å²) in [7, 11) is 0. The zero-order chi connectivity index (χ0) is 20.8. The van der Waals surface area contributed by atoms with Gasteiger partial charge in [0.25, 0.3) is 0 Å². The molecule has 0 aliphatic heterocycles. The number of furan rings is 1. The second-order valence-corrected chi connectivity index (χ2v) is 7.27. The molecule has 2 N–H and O–H groups in total. The molecule has 6 heteroatoms. The van der Waals surface area contributed by atoms with E-state index < -0.39 is 0 Å². The maximum absolute atomic E-state index is 12.6. The average Bonchev–Trinajstić information content (AvgIpc) is 3.24. The van der Waals surface area contributed by atoms with E-state index in [1.165, 1.54) is 0 Å². The number of nitrogens with one attached hydrogen (secondary N) is 2. The van der Waals surface area contributed by atoms with Crippen LogP contribution in [0.15, 0.2) is 65.3 Å². The highest BCUT2D eigenvalue weighted by molar-refractivity contribution is 5.90. The summed E-state index contributed by atoms with van der Waals surface area (Å²) < 4.78 is 11.4. The van der Waals surface area contributed by atoms with Gasteiger partial charge in [-0.1, -0.05) is 30.3 Å². The summed E-state index contributed by atoms with van der Waals surface area (Å²) in [6.07, 6.45) is 4.86. The maximum Gasteiger partial charge on any atom is 0.319 e. The summed E-state index contributed by atoms with van der Waals surface area (Å²) in [5, 5.41) is 14.8. The van der Waals surface area contributed by atoms with Gasteiger partial charge in [0.1, 0.15) is 18.1 Å². The fraction of sp³-hybridized carbons (Fsp3) is 0.250. The summed E-state index contributed by atoms with van der Waals surface area (Å²) >= 11 is 0. The van der Waals surface area contributed by atoms with E-state index in [1.807, 2.05) is 54.6 Å². The Bertz CT molecular complexity index is 1050. The van der Waals surface area contributed by atoms with E-state index in [4.69, 9.17) is 14.4 Å². The molecule has 1 aliphatic carbocycles. The first-order valence-electron chi connectivity index (χ1n) is 10.0. The van der Waals surface area contributed by atoms with Crippen molar-refractivity contribution in [1.29, 1.82) is 5.26 Å². The molecule has 0 saturated carbocycles. The van der Waals surface area contributed by atoms with E-state index in [1.54, 1.807) is 6.26 Å². The monoisotopic (exact) mass is 401 g/mol. The number of hydrogen-bond donors (Lipinski definition) is 2. The van der Waals surface area contributed by atoms with Crippen LogP contribution in [0.25, 0.3) is 0 Å². The number of nitriles is 1. The molecule has 0 radical (unpaired) electrons. The minimum absolute atomic E-state index is 0.0390. The lowest BCUT2D eigenvalue weighted by atomic mass is 9.93. The number of hydrogen-bond acceptors (Lipinski definition) is 4. The Morgan fingerprint density at radius 2 is 2.00 bits per heavy atom. The van der Waals surface area contributed by atoms with Crippen LogP contribution in [-0.4, -0.2) is 6.03 Å². The van der Waals surface area contributed by atoms with Crippen molar-refractivity contribution >= 4 is 11.7 Å². The first-order valence-corrected chi connectivity index (χ1v) is 10.0. The molecule has 1 heterocycles. The molecule has 1 aromatic heterocycles. The maximum atomic E-state index is 12.6. The lowest BCUT2D eigenvalue weighted by molar-refractivity contribution is 0.246. The minimum Gasteiger partial charge on any atom is -0.489 e. The van der Waals surface area contributed by atoms with Crippen molar-refractivity contribution in [3.05, 3.63) is 83.3 Å². The van der Waals surface area contributed by atoms with Crippen LogP contribution in [0.4, 0.5) is 10.5 Å². The van der Waals surface area contributed by atoms with Gasteiger partial charge in [-0.2, -0.15) is 5.26 Å². The van der Waals surface area contributed by atoms with Crippen LogP contribution in [0.1, 0.15) is 41.3 Å². The van der Waals surface area contributed by atoms with Gasteiger partial charge in [-0.05, 0) is 42.7 Å². The van der Waals surface area contributed by atoms with Crippen molar-refractivity contribution in [2.75, 3.05) is 5.32 Å². The Morgan fingerprint density at radius 3 is 2.83 bits per heavy atom. The van der Waals surface area contributed by atoms with Gasteiger partial charge in [0, 0.05) is 23.2 Å². The van der Waals surface area contributed by atoms with Gasteiger partial charge in [-0.3, -0.25) is 0 Å². The Morgan fingerprint density at radius 1 is 1.17 bits per heavy atom. The van der Waals surface area contributed by atoms with E-state index in [2.05, 4.69) is 16.7 Å². The van der Waals surface area contributed by atoms with Gasteiger partial charge in [0.2, 0.25) is 0 Å². The van der Waals surface area contributed by atoms with Gasteiger partial charge < -0.3 is 19.8 Å². The molecule has 0 bridgehead atoms. The summed E-state index contributed by atoms with van der Waals surface area (Å²) in [5.41, 5.74) is 3.60. The second kappa shape index (κ2) is 9.19. The normalized spacial score (nSPS) is 15.0. The van der Waals surface area contributed by atoms with E-state index in [-0.39, 0.29) is 12.1 Å². The molecule has 2 aromatic carbocycles. The fourth-order valence-corrected chi connectivity index (χ4v) is 3.68. The molecule has 0 saturated heterocycles. The SMILES string of the molecule is N#CCc1ccc(OCc2ccccc2NC(=O)NC2CCCc3occc32)cc1. The molecular weight excluding hydrogens is 378 g/mol. The summed E-state index contributed by atoms with van der Waals surface area (Å²) in [4.78, 5) is 12.6. The Balaban J connectivity index is 1.37. The van der Waals surface area contributed by atoms with Crippen LogP contribution in [-0.2, 0) is 19.4 Å². The Kier molecular flexibility index (Phi) is 6.00. The molecule has 30 heavy (non-hydrogen) atoms. The van der Waals surface area contributed by atoms with Crippen molar-refractivity contribution in [2.24, 2.45) is 0 Å². The van der Waals surface area contributed by atoms with E-state index in [9.17, 15) is 4.79 Å². The average molecular weight is 401 g/mol. The van der Waals surface area contributed by atoms with Crippen molar-refractivity contribution < 1.29 is 13.9 Å². The van der Waals surface area contributed by atoms with E-state index >= 15 is 0 Å². The van der Waals surface area contributed by atoms with Gasteiger partial charge in [0.05, 0.1) is 24.8 Å². The number of anilines is 1. The molecule has 0 spiro atoms. The first-order chi connectivity index (χ1) is 14.7. The number of carbonyl (C=O) groups excluding carboxylic acids is 1. The van der Waals surface area contributed by atoms with Gasteiger partial charge in [-0.15, -0.1) is 0 Å². The third-order valence-corrected chi connectivity index (χ3v) is 5.22. The number of benzene rings is 2. The number of para-hydroxylation sites is 1. The molecule has 3 aromatic rings. The molecule has 0 fully saturated rings. The molecule has 152 valence electrons. The molecular formula is C24H23N3O3. The zero-order valence-electron chi connectivity index (χ0n) is 16.6. The molecule has 2 amide bonds. The summed E-state index contributed by atoms with van der Waals surface area (Å²) in [5.74, 6) is 1.67. The molecule has 6 nitrogen and oxygen atoms in total. The highest BCUT2D eigenvalue weighted by Crippen LogP contribution is 2.30. The van der Waals surface area contributed by atoms with Gasteiger partial charge in [0.15, 0.2) is 0 Å². The number of amides is 2. The molecule has 1 unspecified atom stereocenters. The number of rotatable bonds is 6. The Hall–Kier alpha value is -3.72. The number of urea groups is 1. The third-order valence-electron chi connectivity index (χ3n) is 5.22. The van der Waals surface area contributed by atoms with Crippen LogP contribution in [0.2, 0.25) is 0 Å². The highest BCUT2D eigenvalue weighted by atomic mass is 16.5. The number of aryl methyl sites for hydroxylation is 1. The predicted molar refractivity (Wildman–Crippen MR) is 113 cm³/mol. The number of ether oxygens (including phenoxy) is 1. The smallest absolute Gasteiger partial charge is 0.319 e. The van der Waals surface area contributed by atoms with Crippen LogP contribution in [0.3, 0.4) is 0 Å². The standard InChI is InChI=1S/C24H23N3O3/c25-14-12-17-8-10-19(11-9-17)30-16-18-4-1-2-5-21(18)26-24(28)27-22-6-3-7-23-20(22)13-15-29-23/h1-2,4-5,8-11,13,15,22H,3,6-7,12,16H2,(H2,26,27,28). The number of fused-ring (bicyclic) bond motifs is 1. The van der Waals surface area contributed by atoms with Crippen LogP contribution >= 0.6 is 0 Å². The largest absolute Gasteiger partial charge is 0.489 e. The van der Waals surface area contributed by atoms with Crippen LogP contribution in [0.5, 0.6) is 5.75 Å². The fourth-order valence-electron chi connectivity index (χ4n) is 3.68. The predicted octanol–water partition coefficient (Wildman–Crippen LogP) is 5.12. The summed E-state index contributed by atoms with van der Waals surface area (Å²) in [6, 6.07) is 18.8. The van der Waals surface area contributed by atoms with Crippen molar-refractivity contribution in [2.45, 2.75) is 38.3 Å². The number of nitrogens with zero attached hydrogens (tertiary/aromatic N) is 1. The lowest BCUT2D eigenvalue weighted by Crippen LogP contribution is -2.34. The molecule has 1 atom stereocenters. The second-order valence-electron chi connectivity index (χ2n) is 7.27. The third kappa shape index (κ3) is 4.64. The number of carbonyl (C=O) groups is 1. The Labute approximate surface area is 175 Å². The van der Waals surface area contributed by atoms with E-state index in [0.717, 1.165) is 41.7 Å². The highest BCUT2D eigenvalue weighted by Gasteiger charge is 2.24. The first kappa shape index (κ1) is 19.6. The van der Waals surface area contributed by atoms with Crippen LogP contribution < -0.4 is 15.4 Å². The quantitative estimate of drug-likeness (QED) is 0.600. The lowest BCUT2D eigenvalue weighted by Gasteiger charge is -2.23. The summed E-state index contributed by atoms with van der Waals surface area (Å²) in [6.45, 7) is 0.323. The van der Waals surface area contributed by atoms with E-state index in [0.29, 0.717) is 24.5 Å². The molecule has 1 aliphatic rings. The van der Waals surface area contributed by atoms with Crippen molar-refractivity contribution in [1.82, 2.24) is 5.32 Å². The molecule has 4 rings (SSSR count). The van der Waals surface area contributed by atoms with Crippen molar-refractivity contribution in [3.63, 3.8) is 0 Å². The zero-order valence-corrected chi connectivity index (χ0v) is 16.6. The van der Waals surface area contributed by atoms with Crippen molar-refractivity contribution in [3.8, 4) is 11.8 Å². The van der Waals surface area contributed by atoms with Gasteiger partial charge in [-0.25, -0.2) is 4.79 Å². The van der Waals surface area contributed by atoms with Gasteiger partial charge >= 0.3 is 6.03 Å².